The van der Waals surface area contributed by atoms with Gasteiger partial charge in [0.1, 0.15) is 6.10 Å². The van der Waals surface area contributed by atoms with Crippen LogP contribution in [0.15, 0.2) is 0 Å². The zero-order chi connectivity index (χ0) is 10.6. The molecule has 3 saturated heterocycles. The number of ether oxygens (including phenoxy) is 2. The molecular formula is C11H17NO3. The molecule has 0 unspecified atom stereocenters. The first-order valence-electron chi connectivity index (χ1n) is 5.75. The van der Waals surface area contributed by atoms with Crippen molar-refractivity contribution in [2.75, 3.05) is 6.54 Å². The Morgan fingerprint density at radius 3 is 2.93 bits per heavy atom. The van der Waals surface area contributed by atoms with Crippen molar-refractivity contribution in [1.29, 1.82) is 0 Å². The molecule has 0 aromatic carbocycles. The highest BCUT2D eigenvalue weighted by Crippen LogP contribution is 2.40. The first-order chi connectivity index (χ1) is 7.08. The number of hydrogen-bond donors (Lipinski definition) is 0. The number of carbonyl (C=O) groups excluding carboxylic acids is 1. The van der Waals surface area contributed by atoms with E-state index in [9.17, 15) is 4.79 Å². The number of hydrogen-bond acceptors (Lipinski definition) is 3. The largest absolute Gasteiger partial charge is 0.342 e. The van der Waals surface area contributed by atoms with E-state index >= 15 is 0 Å². The molecule has 0 aliphatic carbocycles. The molecule has 3 aliphatic rings. The van der Waals surface area contributed by atoms with E-state index in [4.69, 9.17) is 9.47 Å². The van der Waals surface area contributed by atoms with Gasteiger partial charge in [-0.15, -0.1) is 0 Å². The predicted molar refractivity (Wildman–Crippen MR) is 53.2 cm³/mol. The van der Waals surface area contributed by atoms with Gasteiger partial charge >= 0.3 is 0 Å². The molecule has 4 nitrogen and oxygen atoms in total. The van der Waals surface area contributed by atoms with E-state index in [2.05, 4.69) is 0 Å². The van der Waals surface area contributed by atoms with Gasteiger partial charge in [-0.2, -0.15) is 0 Å². The van der Waals surface area contributed by atoms with Crippen molar-refractivity contribution < 1.29 is 14.3 Å². The summed E-state index contributed by atoms with van der Waals surface area (Å²) in [5.41, 5.74) is 0. The van der Waals surface area contributed by atoms with Crippen molar-refractivity contribution in [3.63, 3.8) is 0 Å². The summed E-state index contributed by atoms with van der Waals surface area (Å²) in [5.74, 6) is -0.454. The van der Waals surface area contributed by atoms with Crippen LogP contribution in [0, 0.1) is 0 Å². The van der Waals surface area contributed by atoms with Crippen molar-refractivity contribution in [3.8, 4) is 0 Å². The summed E-state index contributed by atoms with van der Waals surface area (Å²) in [7, 11) is 0. The molecule has 15 heavy (non-hydrogen) atoms. The quantitative estimate of drug-likeness (QED) is 0.597. The van der Waals surface area contributed by atoms with Crippen molar-refractivity contribution in [1.82, 2.24) is 4.90 Å². The second kappa shape index (κ2) is 2.95. The van der Waals surface area contributed by atoms with Gasteiger partial charge in [0, 0.05) is 6.54 Å². The Morgan fingerprint density at radius 1 is 1.33 bits per heavy atom. The fourth-order valence-electron chi connectivity index (χ4n) is 3.00. The number of fused-ring (bicyclic) bond motifs is 3. The highest BCUT2D eigenvalue weighted by atomic mass is 16.8. The van der Waals surface area contributed by atoms with Crippen LogP contribution in [0.4, 0.5) is 0 Å². The van der Waals surface area contributed by atoms with Crippen LogP contribution in [0.2, 0.25) is 0 Å². The van der Waals surface area contributed by atoms with Gasteiger partial charge in [0.2, 0.25) is 0 Å². The van der Waals surface area contributed by atoms with Crippen LogP contribution in [-0.2, 0) is 14.3 Å². The Bertz CT molecular complexity index is 302. The minimum Gasteiger partial charge on any atom is -0.342 e. The fourth-order valence-corrected chi connectivity index (χ4v) is 3.00. The normalized spacial score (nSPS) is 42.9. The summed E-state index contributed by atoms with van der Waals surface area (Å²) in [6, 6.07) is 0.262. The van der Waals surface area contributed by atoms with Gasteiger partial charge in [0.15, 0.2) is 11.9 Å². The lowest BCUT2D eigenvalue weighted by atomic mass is 10.0. The first kappa shape index (κ1) is 9.60. The minimum absolute atomic E-state index is 0.0344. The summed E-state index contributed by atoms with van der Waals surface area (Å²) in [4.78, 5) is 14.0. The molecule has 84 valence electrons. The number of carbonyl (C=O) groups is 1. The van der Waals surface area contributed by atoms with Crippen molar-refractivity contribution in [3.05, 3.63) is 0 Å². The van der Waals surface area contributed by atoms with Gasteiger partial charge in [0.25, 0.3) is 5.91 Å². The Morgan fingerprint density at radius 2 is 2.13 bits per heavy atom. The molecule has 0 N–H and O–H groups in total. The highest BCUT2D eigenvalue weighted by molar-refractivity contribution is 5.85. The Hall–Kier alpha value is -0.610. The standard InChI is InChI=1S/C11H17NO3/c1-11(2)14-8-7-5-3-4-6-12(7)10(13)9(8)15-11/h7-9H,3-6H2,1-2H3/t7-,8-,9-/m0/s1. The molecule has 4 heteroatoms. The third kappa shape index (κ3) is 1.31. The topological polar surface area (TPSA) is 38.8 Å². The van der Waals surface area contributed by atoms with Crippen LogP contribution >= 0.6 is 0 Å². The molecule has 0 saturated carbocycles. The maximum absolute atomic E-state index is 12.0. The molecule has 0 aromatic rings. The molecule has 3 heterocycles. The summed E-state index contributed by atoms with van der Waals surface area (Å²) in [5, 5.41) is 0. The number of rotatable bonds is 0. The highest BCUT2D eigenvalue weighted by Gasteiger charge is 2.57. The monoisotopic (exact) mass is 211 g/mol. The molecule has 0 radical (unpaired) electrons. The Labute approximate surface area is 89.5 Å². The van der Waals surface area contributed by atoms with Crippen LogP contribution in [0.25, 0.3) is 0 Å². The molecule has 3 atom stereocenters. The lowest BCUT2D eigenvalue weighted by Crippen LogP contribution is -2.43. The lowest BCUT2D eigenvalue weighted by Gasteiger charge is -2.33. The van der Waals surface area contributed by atoms with Crippen molar-refractivity contribution in [2.45, 2.75) is 57.1 Å². The second-order valence-electron chi connectivity index (χ2n) is 5.12. The Kier molecular flexibility index (Phi) is 1.89. The third-order valence-corrected chi connectivity index (χ3v) is 3.58. The van der Waals surface area contributed by atoms with E-state index in [1.54, 1.807) is 0 Å². The smallest absolute Gasteiger partial charge is 0.254 e. The molecular weight excluding hydrogens is 194 g/mol. The molecule has 3 rings (SSSR count). The summed E-state index contributed by atoms with van der Waals surface area (Å²) in [6.45, 7) is 4.64. The SMILES string of the molecule is CC1(C)O[C@@H]2[C@H](O1)C(=O)N1CCCC[C@@H]21. The number of amides is 1. The third-order valence-electron chi connectivity index (χ3n) is 3.58. The van der Waals surface area contributed by atoms with E-state index in [0.29, 0.717) is 0 Å². The molecule has 1 amide bonds. The molecule has 0 bridgehead atoms. The predicted octanol–water partition coefficient (Wildman–Crippen LogP) is 0.901. The van der Waals surface area contributed by atoms with Crippen LogP contribution in [0.5, 0.6) is 0 Å². The zero-order valence-corrected chi connectivity index (χ0v) is 9.23. The van der Waals surface area contributed by atoms with Gasteiger partial charge in [-0.25, -0.2) is 0 Å². The van der Waals surface area contributed by atoms with Gasteiger partial charge in [0.05, 0.1) is 6.04 Å². The van der Waals surface area contributed by atoms with E-state index in [0.717, 1.165) is 19.4 Å². The molecule has 3 fully saturated rings. The summed E-state index contributed by atoms with van der Waals surface area (Å²) < 4.78 is 11.5. The van der Waals surface area contributed by atoms with E-state index in [1.165, 1.54) is 6.42 Å². The van der Waals surface area contributed by atoms with Crippen molar-refractivity contribution in [2.24, 2.45) is 0 Å². The second-order valence-corrected chi connectivity index (χ2v) is 5.12. The average molecular weight is 211 g/mol. The Balaban J connectivity index is 1.87. The van der Waals surface area contributed by atoms with Crippen LogP contribution < -0.4 is 0 Å². The zero-order valence-electron chi connectivity index (χ0n) is 9.23. The maximum atomic E-state index is 12.0. The van der Waals surface area contributed by atoms with Crippen molar-refractivity contribution >= 4 is 5.91 Å². The van der Waals surface area contributed by atoms with E-state index in [-0.39, 0.29) is 24.2 Å². The van der Waals surface area contributed by atoms with Gasteiger partial charge in [-0.1, -0.05) is 0 Å². The van der Waals surface area contributed by atoms with E-state index < -0.39 is 5.79 Å². The summed E-state index contributed by atoms with van der Waals surface area (Å²) in [6.07, 6.45) is 3.00. The van der Waals surface area contributed by atoms with Gasteiger partial charge in [-0.3, -0.25) is 4.79 Å². The van der Waals surface area contributed by atoms with Crippen LogP contribution in [-0.4, -0.2) is 41.4 Å². The molecule has 0 spiro atoms. The lowest BCUT2D eigenvalue weighted by molar-refractivity contribution is -0.174. The van der Waals surface area contributed by atoms with Crippen LogP contribution in [0.3, 0.4) is 0 Å². The maximum Gasteiger partial charge on any atom is 0.254 e. The van der Waals surface area contributed by atoms with Gasteiger partial charge < -0.3 is 14.4 Å². The summed E-state index contributed by atoms with van der Waals surface area (Å²) >= 11 is 0. The first-order valence-corrected chi connectivity index (χ1v) is 5.75. The fraction of sp³-hybridized carbons (Fsp3) is 0.909. The average Bonchev–Trinajstić information content (AvgIpc) is 2.63. The van der Waals surface area contributed by atoms with E-state index in [1.807, 2.05) is 18.7 Å². The molecule has 0 aromatic heterocycles. The number of piperidine rings is 1. The molecule has 3 aliphatic heterocycles. The number of nitrogens with zero attached hydrogens (tertiary/aromatic N) is 1. The van der Waals surface area contributed by atoms with Crippen LogP contribution in [0.1, 0.15) is 33.1 Å². The minimum atomic E-state index is -0.589. The van der Waals surface area contributed by atoms with Gasteiger partial charge in [-0.05, 0) is 33.1 Å².